The van der Waals surface area contributed by atoms with Gasteiger partial charge in [0.2, 0.25) is 0 Å². The van der Waals surface area contributed by atoms with Crippen LogP contribution in [0.1, 0.15) is 25.8 Å². The standard InChI is InChI=1S/C23H25ClN4O2S/c1-3-11-27(4-2)12-10-26-22(30)20-18(29)13-15-6-5-9-25-21(15)28-17-14-16(24)7-8-19(17)31-23(20)28/h5-9,14H,3-4,10-13H2,1-2H3,(H,26,30). The van der Waals surface area contributed by atoms with Gasteiger partial charge in [-0.2, -0.15) is 0 Å². The van der Waals surface area contributed by atoms with Crippen LogP contribution in [0.3, 0.4) is 0 Å². The van der Waals surface area contributed by atoms with E-state index in [1.165, 1.54) is 11.8 Å². The number of carbonyl (C=O) groups excluding carboxylic acids is 2. The third kappa shape index (κ3) is 4.35. The number of thioether (sulfide) groups is 1. The van der Waals surface area contributed by atoms with Crippen molar-refractivity contribution in [1.82, 2.24) is 15.2 Å². The largest absolute Gasteiger partial charge is 0.351 e. The van der Waals surface area contributed by atoms with Gasteiger partial charge >= 0.3 is 0 Å². The molecule has 31 heavy (non-hydrogen) atoms. The monoisotopic (exact) mass is 456 g/mol. The van der Waals surface area contributed by atoms with E-state index in [1.807, 2.05) is 35.2 Å². The second-order valence-corrected chi connectivity index (χ2v) is 8.97. The molecule has 2 aliphatic heterocycles. The zero-order valence-corrected chi connectivity index (χ0v) is 19.2. The highest BCUT2D eigenvalue weighted by Gasteiger charge is 2.38. The predicted octanol–water partition coefficient (Wildman–Crippen LogP) is 4.16. The molecular weight excluding hydrogens is 432 g/mol. The van der Waals surface area contributed by atoms with Crippen LogP contribution >= 0.6 is 23.4 Å². The quantitative estimate of drug-likeness (QED) is 0.631. The highest BCUT2D eigenvalue weighted by molar-refractivity contribution is 8.03. The third-order valence-corrected chi connectivity index (χ3v) is 6.80. The molecule has 2 aliphatic rings. The molecule has 6 nitrogen and oxygen atoms in total. The van der Waals surface area contributed by atoms with E-state index in [0.29, 0.717) is 22.4 Å². The summed E-state index contributed by atoms with van der Waals surface area (Å²) in [7, 11) is 0. The minimum absolute atomic E-state index is 0.138. The molecule has 4 rings (SSSR count). The first kappa shape index (κ1) is 21.9. The number of pyridine rings is 1. The number of nitrogens with zero attached hydrogens (tertiary/aromatic N) is 3. The summed E-state index contributed by atoms with van der Waals surface area (Å²) in [6.07, 6.45) is 2.90. The van der Waals surface area contributed by atoms with Gasteiger partial charge in [0.15, 0.2) is 5.78 Å². The first-order chi connectivity index (χ1) is 15.0. The second-order valence-electron chi connectivity index (χ2n) is 7.51. The van der Waals surface area contributed by atoms with E-state index in [-0.39, 0.29) is 23.7 Å². The normalized spacial score (nSPS) is 15.0. The number of halogens is 1. The molecule has 0 unspecified atom stereocenters. The number of Topliss-reactive ketones (excluding diaryl/α,β-unsaturated/α-hetero) is 1. The lowest BCUT2D eigenvalue weighted by molar-refractivity contribution is -0.122. The fourth-order valence-corrected chi connectivity index (χ4v) is 5.27. The van der Waals surface area contributed by atoms with E-state index in [1.54, 1.807) is 6.20 Å². The zero-order chi connectivity index (χ0) is 22.0. The van der Waals surface area contributed by atoms with Crippen LogP contribution in [-0.4, -0.2) is 47.8 Å². The third-order valence-electron chi connectivity index (χ3n) is 5.42. The Kier molecular flexibility index (Phi) is 6.65. The fraction of sp³-hybridized carbons (Fsp3) is 0.348. The molecule has 0 fully saturated rings. The van der Waals surface area contributed by atoms with E-state index in [2.05, 4.69) is 29.0 Å². The van der Waals surface area contributed by atoms with Crippen LogP contribution in [0.2, 0.25) is 5.02 Å². The Morgan fingerprint density at radius 1 is 1.29 bits per heavy atom. The molecule has 3 heterocycles. The van der Waals surface area contributed by atoms with Crippen molar-refractivity contribution >= 4 is 46.6 Å². The van der Waals surface area contributed by atoms with Gasteiger partial charge < -0.3 is 10.2 Å². The molecule has 8 heteroatoms. The molecule has 1 amide bonds. The van der Waals surface area contributed by atoms with Crippen LogP contribution < -0.4 is 10.2 Å². The summed E-state index contributed by atoms with van der Waals surface area (Å²) in [6, 6.07) is 9.27. The maximum Gasteiger partial charge on any atom is 0.257 e. The van der Waals surface area contributed by atoms with Gasteiger partial charge in [0.1, 0.15) is 16.4 Å². The topological polar surface area (TPSA) is 65.5 Å². The number of fused-ring (bicyclic) bond motifs is 5. The lowest BCUT2D eigenvalue weighted by Crippen LogP contribution is -2.37. The molecule has 162 valence electrons. The van der Waals surface area contributed by atoms with Gasteiger partial charge in [-0.3, -0.25) is 14.5 Å². The number of anilines is 2. The summed E-state index contributed by atoms with van der Waals surface area (Å²) in [4.78, 5) is 36.1. The number of likely N-dealkylation sites (N-methyl/N-ethyl adjacent to an activating group) is 1. The van der Waals surface area contributed by atoms with Crippen molar-refractivity contribution in [3.8, 4) is 0 Å². The summed E-state index contributed by atoms with van der Waals surface area (Å²) >= 11 is 7.68. The molecule has 1 aromatic heterocycles. The summed E-state index contributed by atoms with van der Waals surface area (Å²) < 4.78 is 0. The fourth-order valence-electron chi connectivity index (χ4n) is 3.92. The first-order valence-electron chi connectivity index (χ1n) is 10.5. The van der Waals surface area contributed by atoms with E-state index < -0.39 is 0 Å². The van der Waals surface area contributed by atoms with Crippen LogP contribution in [-0.2, 0) is 16.0 Å². The van der Waals surface area contributed by atoms with Crippen molar-refractivity contribution in [2.75, 3.05) is 31.1 Å². The van der Waals surface area contributed by atoms with Crippen molar-refractivity contribution in [3.05, 3.63) is 57.7 Å². The van der Waals surface area contributed by atoms with Crippen molar-refractivity contribution in [2.24, 2.45) is 0 Å². The van der Waals surface area contributed by atoms with Crippen LogP contribution in [0.25, 0.3) is 0 Å². The average Bonchev–Trinajstić information content (AvgIpc) is 3.05. The van der Waals surface area contributed by atoms with E-state index >= 15 is 0 Å². The molecule has 0 saturated carbocycles. The van der Waals surface area contributed by atoms with Gasteiger partial charge in [-0.1, -0.05) is 43.3 Å². The Bertz CT molecular complexity index is 1060. The Labute approximate surface area is 191 Å². The Balaban J connectivity index is 1.68. The number of rotatable bonds is 7. The number of benzene rings is 1. The summed E-state index contributed by atoms with van der Waals surface area (Å²) in [5, 5.41) is 4.15. The number of hydrogen-bond donors (Lipinski definition) is 1. The zero-order valence-electron chi connectivity index (χ0n) is 17.7. The average molecular weight is 457 g/mol. The molecule has 2 aromatic rings. The van der Waals surface area contributed by atoms with E-state index in [9.17, 15) is 9.59 Å². The lowest BCUT2D eigenvalue weighted by atomic mass is 10.1. The molecule has 0 atom stereocenters. The number of ketones is 1. The van der Waals surface area contributed by atoms with Crippen LogP contribution in [0.15, 0.2) is 52.0 Å². The van der Waals surface area contributed by atoms with Gasteiger partial charge in [-0.05, 0) is 43.8 Å². The highest BCUT2D eigenvalue weighted by Crippen LogP contribution is 2.53. The van der Waals surface area contributed by atoms with Gasteiger partial charge in [0.05, 0.1) is 5.69 Å². The molecular formula is C23H25ClN4O2S. The molecule has 0 spiro atoms. The van der Waals surface area contributed by atoms with Crippen LogP contribution in [0.4, 0.5) is 11.5 Å². The summed E-state index contributed by atoms with van der Waals surface area (Å²) in [5.74, 6) is 0.135. The Morgan fingerprint density at radius 2 is 2.13 bits per heavy atom. The highest BCUT2D eigenvalue weighted by atomic mass is 35.5. The Hall–Kier alpha value is -2.35. The maximum absolute atomic E-state index is 13.2. The second kappa shape index (κ2) is 9.42. The van der Waals surface area contributed by atoms with E-state index in [0.717, 1.165) is 42.2 Å². The number of carbonyl (C=O) groups is 2. The van der Waals surface area contributed by atoms with Gasteiger partial charge in [0.25, 0.3) is 5.91 Å². The molecule has 1 N–H and O–H groups in total. The van der Waals surface area contributed by atoms with Crippen LogP contribution in [0, 0.1) is 0 Å². The Morgan fingerprint density at radius 3 is 2.90 bits per heavy atom. The number of nitrogens with one attached hydrogen (secondary N) is 1. The maximum atomic E-state index is 13.2. The minimum Gasteiger partial charge on any atom is -0.351 e. The number of aromatic nitrogens is 1. The molecule has 0 radical (unpaired) electrons. The first-order valence-corrected chi connectivity index (χ1v) is 11.7. The van der Waals surface area contributed by atoms with E-state index in [4.69, 9.17) is 11.6 Å². The van der Waals surface area contributed by atoms with Gasteiger partial charge in [-0.25, -0.2) is 4.98 Å². The molecule has 0 bridgehead atoms. The van der Waals surface area contributed by atoms with Crippen molar-refractivity contribution in [1.29, 1.82) is 0 Å². The molecule has 0 aliphatic carbocycles. The molecule has 1 aromatic carbocycles. The lowest BCUT2D eigenvalue weighted by Gasteiger charge is -2.21. The summed E-state index contributed by atoms with van der Waals surface area (Å²) in [6.45, 7) is 7.40. The smallest absolute Gasteiger partial charge is 0.257 e. The SMILES string of the molecule is CCCN(CC)CCNC(=O)C1=C2Sc3ccc(Cl)cc3N2c2ncccc2CC1=O. The van der Waals surface area contributed by atoms with Gasteiger partial charge in [0, 0.05) is 41.2 Å². The van der Waals surface area contributed by atoms with Crippen molar-refractivity contribution < 1.29 is 9.59 Å². The predicted molar refractivity (Wildman–Crippen MR) is 125 cm³/mol. The summed E-state index contributed by atoms with van der Waals surface area (Å²) in [5.41, 5.74) is 1.82. The van der Waals surface area contributed by atoms with Crippen LogP contribution in [0.5, 0.6) is 0 Å². The van der Waals surface area contributed by atoms with Gasteiger partial charge in [-0.15, -0.1) is 0 Å². The molecule has 0 saturated heterocycles. The van der Waals surface area contributed by atoms with Crippen molar-refractivity contribution in [2.45, 2.75) is 31.6 Å². The van der Waals surface area contributed by atoms with Crippen molar-refractivity contribution in [3.63, 3.8) is 0 Å². The minimum atomic E-state index is -0.336. The number of hydrogen-bond acceptors (Lipinski definition) is 6. The number of amides is 1.